The van der Waals surface area contributed by atoms with Gasteiger partial charge in [-0.05, 0) is 13.0 Å². The number of amides is 1. The van der Waals surface area contributed by atoms with E-state index in [0.717, 1.165) is 17.9 Å². The molecule has 7 heteroatoms. The zero-order chi connectivity index (χ0) is 12.4. The monoisotopic (exact) mass is 255 g/mol. The fourth-order valence-electron chi connectivity index (χ4n) is 1.81. The predicted octanol–water partition coefficient (Wildman–Crippen LogP) is 1.09. The Morgan fingerprint density at radius 1 is 1.65 bits per heavy atom. The van der Waals surface area contributed by atoms with Crippen molar-refractivity contribution in [3.05, 3.63) is 27.1 Å². The highest BCUT2D eigenvalue weighted by molar-refractivity contribution is 7.17. The van der Waals surface area contributed by atoms with Crippen molar-refractivity contribution in [1.82, 2.24) is 10.2 Å². The fraction of sp³-hybridized carbons (Fsp3) is 0.500. The van der Waals surface area contributed by atoms with Crippen molar-refractivity contribution in [2.75, 3.05) is 19.6 Å². The number of hydrogen-bond donors (Lipinski definition) is 1. The Morgan fingerprint density at radius 3 is 3.00 bits per heavy atom. The van der Waals surface area contributed by atoms with Crippen LogP contribution in [0.3, 0.4) is 0 Å². The van der Waals surface area contributed by atoms with Crippen LogP contribution in [0.4, 0.5) is 5.00 Å². The molecule has 0 radical (unpaired) electrons. The van der Waals surface area contributed by atoms with Gasteiger partial charge in [0.2, 0.25) is 0 Å². The van der Waals surface area contributed by atoms with Crippen LogP contribution in [0.25, 0.3) is 0 Å². The van der Waals surface area contributed by atoms with E-state index in [0.29, 0.717) is 18.0 Å². The highest BCUT2D eigenvalue weighted by Crippen LogP contribution is 2.25. The van der Waals surface area contributed by atoms with Gasteiger partial charge >= 0.3 is 5.00 Å². The van der Waals surface area contributed by atoms with Crippen LogP contribution >= 0.6 is 11.3 Å². The number of rotatable bonds is 2. The molecule has 1 fully saturated rings. The number of nitrogens with zero attached hydrogens (tertiary/aromatic N) is 2. The highest BCUT2D eigenvalue weighted by atomic mass is 32.1. The van der Waals surface area contributed by atoms with Gasteiger partial charge in [0.05, 0.1) is 9.80 Å². The summed E-state index contributed by atoms with van der Waals surface area (Å²) in [5.41, 5.74) is 0. The maximum Gasteiger partial charge on any atom is 0.324 e. The SMILES string of the molecule is C[C@@H]1CN(C(=O)c2ccc([N+](=O)[O-])s2)CCN1. The number of nitrogens with one attached hydrogen (secondary N) is 1. The number of piperazine rings is 1. The lowest BCUT2D eigenvalue weighted by Gasteiger charge is -2.31. The first-order chi connectivity index (χ1) is 8.08. The second-order valence-corrected chi connectivity index (χ2v) is 5.06. The largest absolute Gasteiger partial charge is 0.335 e. The molecule has 0 aromatic carbocycles. The molecule has 0 spiro atoms. The maximum atomic E-state index is 12.1. The van der Waals surface area contributed by atoms with Crippen molar-refractivity contribution in [3.63, 3.8) is 0 Å². The highest BCUT2D eigenvalue weighted by Gasteiger charge is 2.24. The number of carbonyl (C=O) groups is 1. The molecule has 17 heavy (non-hydrogen) atoms. The van der Waals surface area contributed by atoms with Crippen molar-refractivity contribution in [2.45, 2.75) is 13.0 Å². The molecule has 92 valence electrons. The molecular weight excluding hydrogens is 242 g/mol. The molecule has 1 atom stereocenters. The second kappa shape index (κ2) is 4.80. The smallest absolute Gasteiger partial charge is 0.324 e. The van der Waals surface area contributed by atoms with E-state index in [4.69, 9.17) is 0 Å². The van der Waals surface area contributed by atoms with E-state index in [1.54, 1.807) is 4.90 Å². The third-order valence-corrected chi connectivity index (χ3v) is 3.66. The number of carbonyl (C=O) groups excluding carboxylic acids is 1. The van der Waals surface area contributed by atoms with Gasteiger partial charge in [0.15, 0.2) is 0 Å². The van der Waals surface area contributed by atoms with Crippen molar-refractivity contribution >= 4 is 22.2 Å². The molecule has 2 heterocycles. The van der Waals surface area contributed by atoms with Crippen molar-refractivity contribution < 1.29 is 9.72 Å². The molecule has 1 aromatic rings. The molecule has 1 aliphatic heterocycles. The molecule has 0 bridgehead atoms. The van der Waals surface area contributed by atoms with Gasteiger partial charge in [0, 0.05) is 31.7 Å². The summed E-state index contributed by atoms with van der Waals surface area (Å²) in [4.78, 5) is 24.3. The first-order valence-corrected chi connectivity index (χ1v) is 6.16. The lowest BCUT2D eigenvalue weighted by Crippen LogP contribution is -2.51. The number of hydrogen-bond acceptors (Lipinski definition) is 5. The van der Waals surface area contributed by atoms with Crippen molar-refractivity contribution in [2.24, 2.45) is 0 Å². The van der Waals surface area contributed by atoms with Crippen molar-refractivity contribution in [3.8, 4) is 0 Å². The van der Waals surface area contributed by atoms with Gasteiger partial charge in [0.1, 0.15) is 0 Å². The molecule has 1 aliphatic rings. The average molecular weight is 255 g/mol. The predicted molar refractivity (Wildman–Crippen MR) is 64.3 cm³/mol. The summed E-state index contributed by atoms with van der Waals surface area (Å²) < 4.78 is 0. The van der Waals surface area contributed by atoms with Crippen LogP contribution in [0.15, 0.2) is 12.1 Å². The van der Waals surface area contributed by atoms with Crippen LogP contribution in [-0.4, -0.2) is 41.4 Å². The van der Waals surface area contributed by atoms with Gasteiger partial charge in [0.25, 0.3) is 5.91 Å². The lowest BCUT2D eigenvalue weighted by molar-refractivity contribution is -0.380. The zero-order valence-electron chi connectivity index (χ0n) is 9.38. The van der Waals surface area contributed by atoms with Crippen LogP contribution in [0.1, 0.15) is 16.6 Å². The Bertz CT molecular complexity index is 446. The van der Waals surface area contributed by atoms with Gasteiger partial charge in [-0.15, -0.1) is 0 Å². The van der Waals surface area contributed by atoms with Crippen LogP contribution in [0.5, 0.6) is 0 Å². The lowest BCUT2D eigenvalue weighted by atomic mass is 10.2. The summed E-state index contributed by atoms with van der Waals surface area (Å²) in [5, 5.41) is 13.8. The normalized spacial score (nSPS) is 20.3. The fourth-order valence-corrected chi connectivity index (χ4v) is 2.60. The van der Waals surface area contributed by atoms with Gasteiger partial charge in [-0.2, -0.15) is 0 Å². The van der Waals surface area contributed by atoms with Crippen LogP contribution in [-0.2, 0) is 0 Å². The van der Waals surface area contributed by atoms with Crippen LogP contribution in [0.2, 0.25) is 0 Å². The van der Waals surface area contributed by atoms with E-state index in [9.17, 15) is 14.9 Å². The third-order valence-electron chi connectivity index (χ3n) is 2.64. The first kappa shape index (κ1) is 12.0. The molecule has 0 unspecified atom stereocenters. The summed E-state index contributed by atoms with van der Waals surface area (Å²) in [6.07, 6.45) is 0. The summed E-state index contributed by atoms with van der Waals surface area (Å²) in [7, 11) is 0. The summed E-state index contributed by atoms with van der Waals surface area (Å²) in [6, 6.07) is 3.17. The Kier molecular flexibility index (Phi) is 3.39. The average Bonchev–Trinajstić information content (AvgIpc) is 2.77. The molecule has 0 aliphatic carbocycles. The van der Waals surface area contributed by atoms with Crippen LogP contribution < -0.4 is 5.32 Å². The maximum absolute atomic E-state index is 12.1. The van der Waals surface area contributed by atoms with Gasteiger partial charge in [-0.1, -0.05) is 11.3 Å². The standard InChI is InChI=1S/C10H13N3O3S/c1-7-6-12(5-4-11-7)10(14)8-2-3-9(17-8)13(15)16/h2-3,7,11H,4-6H2,1H3/t7-/m1/s1. The van der Waals surface area contributed by atoms with E-state index >= 15 is 0 Å². The van der Waals surface area contributed by atoms with Gasteiger partial charge in [-0.25, -0.2) is 0 Å². The first-order valence-electron chi connectivity index (χ1n) is 5.35. The minimum atomic E-state index is -0.470. The zero-order valence-corrected chi connectivity index (χ0v) is 10.2. The Hall–Kier alpha value is -1.47. The molecular formula is C10H13N3O3S. The topological polar surface area (TPSA) is 75.5 Å². The van der Waals surface area contributed by atoms with E-state index < -0.39 is 4.92 Å². The Morgan fingerprint density at radius 2 is 2.41 bits per heavy atom. The summed E-state index contributed by atoms with van der Waals surface area (Å²) in [5.74, 6) is -0.114. The van der Waals surface area contributed by atoms with Gasteiger partial charge < -0.3 is 10.2 Å². The summed E-state index contributed by atoms with van der Waals surface area (Å²) >= 11 is 0.933. The molecule has 0 saturated carbocycles. The quantitative estimate of drug-likeness (QED) is 0.634. The molecule has 1 saturated heterocycles. The Labute approximate surface area is 102 Å². The van der Waals surface area contributed by atoms with E-state index in [2.05, 4.69) is 5.32 Å². The van der Waals surface area contributed by atoms with E-state index in [1.165, 1.54) is 12.1 Å². The van der Waals surface area contributed by atoms with Gasteiger partial charge in [-0.3, -0.25) is 14.9 Å². The third kappa shape index (κ3) is 2.62. The minimum Gasteiger partial charge on any atom is -0.335 e. The molecule has 1 aromatic heterocycles. The van der Waals surface area contributed by atoms with E-state index in [1.807, 2.05) is 6.92 Å². The minimum absolute atomic E-state index is 0.0107. The number of nitro groups is 1. The number of thiophene rings is 1. The van der Waals surface area contributed by atoms with Crippen LogP contribution in [0, 0.1) is 10.1 Å². The summed E-state index contributed by atoms with van der Waals surface area (Å²) in [6.45, 7) is 4.07. The van der Waals surface area contributed by atoms with E-state index in [-0.39, 0.29) is 17.0 Å². The molecule has 2 rings (SSSR count). The van der Waals surface area contributed by atoms with Crippen molar-refractivity contribution in [1.29, 1.82) is 0 Å². The molecule has 1 amide bonds. The molecule has 1 N–H and O–H groups in total. The second-order valence-electron chi connectivity index (χ2n) is 4.00. The Balaban J connectivity index is 2.10. The molecule has 6 nitrogen and oxygen atoms in total.